The van der Waals surface area contributed by atoms with Crippen LogP contribution < -0.4 is 40.0 Å². The zero-order valence-corrected chi connectivity index (χ0v) is 22.1. The molecule has 3 aromatic carbocycles. The molecular weight excluding hydrogens is 467 g/mol. The van der Waals surface area contributed by atoms with E-state index < -0.39 is 17.5 Å². The van der Waals surface area contributed by atoms with Crippen molar-refractivity contribution in [2.24, 2.45) is 0 Å². The third kappa shape index (κ3) is 5.21. The third-order valence-corrected chi connectivity index (χ3v) is 6.30. The molecule has 0 atom stereocenters. The van der Waals surface area contributed by atoms with E-state index in [-0.39, 0.29) is 36.2 Å². The Morgan fingerprint density at radius 1 is 0.972 bits per heavy atom. The van der Waals surface area contributed by atoms with Crippen molar-refractivity contribution in [3.05, 3.63) is 95.7 Å². The minimum absolute atomic E-state index is 0. The summed E-state index contributed by atoms with van der Waals surface area (Å²) < 4.78 is 6.86. The van der Waals surface area contributed by atoms with Crippen molar-refractivity contribution in [2.45, 2.75) is 31.8 Å². The largest absolute Gasteiger partial charge is 1.00 e. The standard InChI is InChI=1S/C27H24N4O4.Na/c1-18-24(28-26(34)35-17-19-5-3-2-4-6-19)31(30-29-18)23-13-9-21(10-14-23)20-7-11-22(12-8-20)27(15-16-27)25(32)33;/h2-14H,15-17H2,1H3,(H,28,34)(H,32,33);/q;+1/p-1. The van der Waals surface area contributed by atoms with Crippen LogP contribution in [-0.4, -0.2) is 27.1 Å². The van der Waals surface area contributed by atoms with Gasteiger partial charge in [-0.25, -0.2) is 4.79 Å². The van der Waals surface area contributed by atoms with Crippen molar-refractivity contribution in [1.29, 1.82) is 0 Å². The topological polar surface area (TPSA) is 109 Å². The fourth-order valence-corrected chi connectivity index (χ4v) is 4.05. The number of anilines is 1. The summed E-state index contributed by atoms with van der Waals surface area (Å²) in [5.41, 5.74) is 4.06. The summed E-state index contributed by atoms with van der Waals surface area (Å²) in [7, 11) is 0. The van der Waals surface area contributed by atoms with Gasteiger partial charge in [-0.05, 0) is 54.2 Å². The van der Waals surface area contributed by atoms with E-state index in [1.807, 2.05) is 78.9 Å². The van der Waals surface area contributed by atoms with Gasteiger partial charge < -0.3 is 14.6 Å². The van der Waals surface area contributed by atoms with Crippen molar-refractivity contribution in [1.82, 2.24) is 15.0 Å². The molecule has 8 nitrogen and oxygen atoms in total. The maximum Gasteiger partial charge on any atom is 1.00 e. The molecule has 9 heteroatoms. The maximum absolute atomic E-state index is 12.4. The number of hydrogen-bond donors (Lipinski definition) is 1. The first-order valence-corrected chi connectivity index (χ1v) is 11.3. The van der Waals surface area contributed by atoms with Crippen LogP contribution in [0, 0.1) is 6.92 Å². The second-order valence-electron chi connectivity index (χ2n) is 8.62. The SMILES string of the molecule is Cc1nnn(-c2ccc(-c3ccc(C4(C(=O)[O-])CC4)cc3)cc2)c1NC(=O)OCc1ccccc1.[Na+]. The second-order valence-corrected chi connectivity index (χ2v) is 8.62. The number of amides is 1. The number of nitrogens with zero attached hydrogens (tertiary/aromatic N) is 3. The molecule has 0 unspecified atom stereocenters. The zero-order chi connectivity index (χ0) is 24.4. The number of nitrogens with one attached hydrogen (secondary N) is 1. The number of aryl methyl sites for hydroxylation is 1. The Kier molecular flexibility index (Phi) is 7.59. The summed E-state index contributed by atoms with van der Waals surface area (Å²) in [6, 6.07) is 24.6. The van der Waals surface area contributed by atoms with Gasteiger partial charge in [-0.3, -0.25) is 5.32 Å². The van der Waals surface area contributed by atoms with E-state index >= 15 is 0 Å². The first kappa shape index (κ1) is 25.6. The predicted molar refractivity (Wildman–Crippen MR) is 128 cm³/mol. The quantitative estimate of drug-likeness (QED) is 0.384. The Morgan fingerprint density at radius 2 is 1.58 bits per heavy atom. The summed E-state index contributed by atoms with van der Waals surface area (Å²) >= 11 is 0. The van der Waals surface area contributed by atoms with Crippen LogP contribution in [0.3, 0.4) is 0 Å². The summed E-state index contributed by atoms with van der Waals surface area (Å²) in [4.78, 5) is 23.8. The fraction of sp³-hybridized carbons (Fsp3) is 0.185. The van der Waals surface area contributed by atoms with Gasteiger partial charge in [-0.15, -0.1) is 5.10 Å². The minimum atomic E-state index is -1.01. The molecule has 176 valence electrons. The molecule has 1 heterocycles. The van der Waals surface area contributed by atoms with E-state index in [2.05, 4.69) is 15.6 Å². The number of aromatic nitrogens is 3. The minimum Gasteiger partial charge on any atom is -0.549 e. The molecule has 1 aliphatic carbocycles. The normalized spacial score (nSPS) is 13.4. The second kappa shape index (κ2) is 10.7. The molecule has 0 saturated heterocycles. The average molecular weight is 490 g/mol. The van der Waals surface area contributed by atoms with Crippen molar-refractivity contribution in [2.75, 3.05) is 5.32 Å². The number of aliphatic carboxylic acids is 1. The zero-order valence-electron chi connectivity index (χ0n) is 20.1. The van der Waals surface area contributed by atoms with E-state index in [4.69, 9.17) is 4.74 Å². The number of carbonyl (C=O) groups is 2. The van der Waals surface area contributed by atoms with E-state index in [1.54, 1.807) is 11.6 Å². The van der Waals surface area contributed by atoms with Crippen LogP contribution in [0.25, 0.3) is 16.8 Å². The maximum atomic E-state index is 12.4. The van der Waals surface area contributed by atoms with Gasteiger partial charge in [-0.1, -0.05) is 71.9 Å². The Bertz CT molecular complexity index is 1370. The van der Waals surface area contributed by atoms with E-state index in [1.165, 1.54) is 0 Å². The first-order chi connectivity index (χ1) is 17.0. The molecule has 0 spiro atoms. The number of rotatable bonds is 7. The number of ether oxygens (including phenoxy) is 1. The molecule has 36 heavy (non-hydrogen) atoms. The molecule has 1 aliphatic rings. The summed E-state index contributed by atoms with van der Waals surface area (Å²) in [6.45, 7) is 1.91. The van der Waals surface area contributed by atoms with Crippen LogP contribution in [0.15, 0.2) is 78.9 Å². The molecule has 1 aromatic heterocycles. The van der Waals surface area contributed by atoms with Crippen molar-refractivity contribution >= 4 is 17.9 Å². The van der Waals surface area contributed by atoms with Gasteiger partial charge in [-0.2, -0.15) is 4.68 Å². The molecule has 1 fully saturated rings. The molecule has 0 bridgehead atoms. The predicted octanol–water partition coefficient (Wildman–Crippen LogP) is 0.777. The summed E-state index contributed by atoms with van der Waals surface area (Å²) in [6.07, 6.45) is 0.649. The van der Waals surface area contributed by atoms with E-state index in [9.17, 15) is 14.7 Å². The van der Waals surface area contributed by atoms with Crippen molar-refractivity contribution in [3.8, 4) is 16.8 Å². The van der Waals surface area contributed by atoms with Gasteiger partial charge in [0.1, 0.15) is 12.3 Å². The number of carboxylic acid groups (broad SMARTS) is 1. The van der Waals surface area contributed by atoms with E-state index in [0.29, 0.717) is 24.4 Å². The van der Waals surface area contributed by atoms with Crippen LogP contribution >= 0.6 is 0 Å². The van der Waals surface area contributed by atoms with Gasteiger partial charge in [0.2, 0.25) is 0 Å². The number of benzene rings is 3. The van der Waals surface area contributed by atoms with Crippen LogP contribution in [0.2, 0.25) is 0 Å². The first-order valence-electron chi connectivity index (χ1n) is 11.3. The molecule has 1 amide bonds. The molecule has 1 N–H and O–H groups in total. The Balaban J connectivity index is 0.00000304. The van der Waals surface area contributed by atoms with Gasteiger partial charge in [0.25, 0.3) is 0 Å². The molecule has 1 saturated carbocycles. The monoisotopic (exact) mass is 490 g/mol. The Hall–Kier alpha value is -3.46. The Morgan fingerprint density at radius 3 is 2.17 bits per heavy atom. The third-order valence-electron chi connectivity index (χ3n) is 6.30. The van der Waals surface area contributed by atoms with Crippen LogP contribution in [0.1, 0.15) is 29.7 Å². The fourth-order valence-electron chi connectivity index (χ4n) is 4.05. The summed E-state index contributed by atoms with van der Waals surface area (Å²) in [5.74, 6) is -0.580. The van der Waals surface area contributed by atoms with Gasteiger partial charge in [0.05, 0.1) is 11.7 Å². The molecule has 4 aromatic rings. The van der Waals surface area contributed by atoms with Gasteiger partial charge in [0, 0.05) is 5.41 Å². The average Bonchev–Trinajstić information content (AvgIpc) is 3.63. The molecule has 5 rings (SSSR count). The van der Waals surface area contributed by atoms with Crippen LogP contribution in [0.4, 0.5) is 10.6 Å². The number of carbonyl (C=O) groups excluding carboxylic acids is 2. The van der Waals surface area contributed by atoms with Gasteiger partial charge in [0.15, 0.2) is 5.82 Å². The molecule has 0 radical (unpaired) electrons. The summed E-state index contributed by atoms with van der Waals surface area (Å²) in [5, 5.41) is 22.4. The van der Waals surface area contributed by atoms with Crippen LogP contribution in [0.5, 0.6) is 0 Å². The molecule has 0 aliphatic heterocycles. The molecular formula is C27H23N4NaO4. The van der Waals surface area contributed by atoms with Gasteiger partial charge >= 0.3 is 35.7 Å². The van der Waals surface area contributed by atoms with E-state index in [0.717, 1.165) is 27.9 Å². The number of carboxylic acids is 1. The Labute approximate surface area is 230 Å². The smallest absolute Gasteiger partial charge is 0.549 e. The number of hydrogen-bond acceptors (Lipinski definition) is 6. The van der Waals surface area contributed by atoms with Crippen molar-refractivity contribution in [3.63, 3.8) is 0 Å². The van der Waals surface area contributed by atoms with Crippen molar-refractivity contribution < 1.29 is 49.0 Å². The van der Waals surface area contributed by atoms with Crippen LogP contribution in [-0.2, 0) is 21.6 Å².